The van der Waals surface area contributed by atoms with Crippen molar-refractivity contribution in [1.82, 2.24) is 14.7 Å². The van der Waals surface area contributed by atoms with Crippen LogP contribution in [0, 0.1) is 5.92 Å². The third-order valence-electron chi connectivity index (χ3n) is 5.36. The van der Waals surface area contributed by atoms with Crippen molar-refractivity contribution in [3.8, 4) is 0 Å². The Morgan fingerprint density at radius 2 is 1.92 bits per heavy atom. The van der Waals surface area contributed by atoms with E-state index >= 15 is 0 Å². The van der Waals surface area contributed by atoms with Crippen LogP contribution in [0.25, 0.3) is 0 Å². The normalized spacial score (nSPS) is 22.7. The Morgan fingerprint density at radius 3 is 2.68 bits per heavy atom. The lowest BCUT2D eigenvalue weighted by Crippen LogP contribution is -2.38. The molecule has 0 N–H and O–H groups in total. The summed E-state index contributed by atoms with van der Waals surface area (Å²) in [6.45, 7) is 4.91. The van der Waals surface area contributed by atoms with E-state index < -0.39 is 0 Å². The molecule has 2 aliphatic heterocycles. The number of amides is 2. The minimum absolute atomic E-state index is 0.0791. The zero-order valence-electron chi connectivity index (χ0n) is 15.2. The Labute approximate surface area is 149 Å². The first kappa shape index (κ1) is 18.0. The second kappa shape index (κ2) is 8.52. The highest BCUT2D eigenvalue weighted by Crippen LogP contribution is 2.20. The van der Waals surface area contributed by atoms with Gasteiger partial charge in [-0.15, -0.1) is 0 Å². The van der Waals surface area contributed by atoms with Crippen LogP contribution >= 0.6 is 0 Å². The summed E-state index contributed by atoms with van der Waals surface area (Å²) in [5, 5.41) is 0. The lowest BCUT2D eigenvalue weighted by molar-refractivity contribution is -0.131. The first-order chi connectivity index (χ1) is 12.1. The third kappa shape index (κ3) is 4.84. The van der Waals surface area contributed by atoms with E-state index in [9.17, 15) is 9.59 Å². The maximum Gasteiger partial charge on any atom is 0.289 e. The summed E-state index contributed by atoms with van der Waals surface area (Å²) in [6.07, 6.45) is 6.43. The zero-order valence-corrected chi connectivity index (χ0v) is 15.2. The first-order valence-electron chi connectivity index (χ1n) is 9.42. The largest absolute Gasteiger partial charge is 0.459 e. The van der Waals surface area contributed by atoms with Gasteiger partial charge in [-0.25, -0.2) is 0 Å². The average Bonchev–Trinajstić information content (AvgIpc) is 3.03. The molecule has 2 amide bonds. The first-order valence-corrected chi connectivity index (χ1v) is 9.42. The molecule has 6 nitrogen and oxygen atoms in total. The molecule has 6 heteroatoms. The van der Waals surface area contributed by atoms with Gasteiger partial charge in [0.05, 0.1) is 6.26 Å². The minimum Gasteiger partial charge on any atom is -0.459 e. The second-order valence-corrected chi connectivity index (χ2v) is 7.31. The number of hydrogen-bond acceptors (Lipinski definition) is 4. The van der Waals surface area contributed by atoms with Crippen LogP contribution in [0.2, 0.25) is 0 Å². The molecule has 0 bridgehead atoms. The van der Waals surface area contributed by atoms with E-state index in [1.807, 2.05) is 4.90 Å². The molecule has 25 heavy (non-hydrogen) atoms. The maximum absolute atomic E-state index is 12.6. The summed E-state index contributed by atoms with van der Waals surface area (Å²) >= 11 is 0. The van der Waals surface area contributed by atoms with Crippen LogP contribution in [0.15, 0.2) is 22.8 Å². The fourth-order valence-electron chi connectivity index (χ4n) is 3.92. The molecule has 1 atom stereocenters. The number of likely N-dealkylation sites (tertiary alicyclic amines) is 1. The lowest BCUT2D eigenvalue weighted by atomic mass is 9.93. The van der Waals surface area contributed by atoms with Crippen molar-refractivity contribution in [2.45, 2.75) is 32.1 Å². The summed E-state index contributed by atoms with van der Waals surface area (Å²) in [5.74, 6) is 1.18. The summed E-state index contributed by atoms with van der Waals surface area (Å²) in [6, 6.07) is 3.42. The molecule has 2 aliphatic rings. The molecule has 1 aromatic rings. The van der Waals surface area contributed by atoms with Gasteiger partial charge in [0.15, 0.2) is 5.76 Å². The Balaban J connectivity index is 1.45. The number of furan rings is 1. The molecule has 0 radical (unpaired) electrons. The summed E-state index contributed by atoms with van der Waals surface area (Å²) in [5.41, 5.74) is 0. The van der Waals surface area contributed by atoms with Crippen LogP contribution in [0.4, 0.5) is 0 Å². The molecule has 2 fully saturated rings. The van der Waals surface area contributed by atoms with Crippen LogP contribution in [0.3, 0.4) is 0 Å². The van der Waals surface area contributed by atoms with Gasteiger partial charge in [0.2, 0.25) is 5.91 Å². The SMILES string of the molecule is CN1CCCC(CCC(=O)N2CCCN(C(=O)c3ccco3)CC2)C1. The molecule has 3 rings (SSSR count). The van der Waals surface area contributed by atoms with Crippen molar-refractivity contribution in [2.24, 2.45) is 5.92 Å². The summed E-state index contributed by atoms with van der Waals surface area (Å²) in [7, 11) is 2.16. The van der Waals surface area contributed by atoms with Gasteiger partial charge in [-0.2, -0.15) is 0 Å². The molecule has 0 aromatic carbocycles. The highest BCUT2D eigenvalue weighted by atomic mass is 16.3. The van der Waals surface area contributed by atoms with E-state index in [0.29, 0.717) is 37.7 Å². The van der Waals surface area contributed by atoms with E-state index in [1.54, 1.807) is 17.0 Å². The van der Waals surface area contributed by atoms with Crippen molar-refractivity contribution in [1.29, 1.82) is 0 Å². The monoisotopic (exact) mass is 347 g/mol. The van der Waals surface area contributed by atoms with Gasteiger partial charge in [0.1, 0.15) is 0 Å². The Morgan fingerprint density at radius 1 is 1.12 bits per heavy atom. The van der Waals surface area contributed by atoms with Crippen molar-refractivity contribution in [3.05, 3.63) is 24.2 Å². The molecular weight excluding hydrogens is 318 g/mol. The highest BCUT2D eigenvalue weighted by molar-refractivity contribution is 5.91. The van der Waals surface area contributed by atoms with Crippen LogP contribution < -0.4 is 0 Å². The standard InChI is InChI=1S/C19H29N3O3/c1-20-9-2-5-16(15-20)7-8-18(23)21-10-4-11-22(13-12-21)19(24)17-6-3-14-25-17/h3,6,14,16H,2,4-5,7-13,15H2,1H3. The number of rotatable bonds is 4. The summed E-state index contributed by atoms with van der Waals surface area (Å²) < 4.78 is 5.20. The van der Waals surface area contributed by atoms with Crippen molar-refractivity contribution < 1.29 is 14.0 Å². The van der Waals surface area contributed by atoms with E-state index in [1.165, 1.54) is 25.6 Å². The third-order valence-corrected chi connectivity index (χ3v) is 5.36. The van der Waals surface area contributed by atoms with Crippen molar-refractivity contribution in [2.75, 3.05) is 46.3 Å². The van der Waals surface area contributed by atoms with Gasteiger partial charge in [-0.05, 0) is 57.3 Å². The Bertz CT molecular complexity index is 572. The highest BCUT2D eigenvalue weighted by Gasteiger charge is 2.25. The van der Waals surface area contributed by atoms with E-state index in [0.717, 1.165) is 25.9 Å². The molecule has 1 aromatic heterocycles. The smallest absolute Gasteiger partial charge is 0.289 e. The van der Waals surface area contributed by atoms with Gasteiger partial charge in [-0.3, -0.25) is 9.59 Å². The zero-order chi connectivity index (χ0) is 17.6. The topological polar surface area (TPSA) is 57.0 Å². The molecular formula is C19H29N3O3. The molecule has 2 saturated heterocycles. The second-order valence-electron chi connectivity index (χ2n) is 7.31. The quantitative estimate of drug-likeness (QED) is 0.837. The van der Waals surface area contributed by atoms with Crippen LogP contribution in [0.1, 0.15) is 42.7 Å². The molecule has 0 spiro atoms. The van der Waals surface area contributed by atoms with Crippen LogP contribution in [-0.2, 0) is 4.79 Å². The van der Waals surface area contributed by atoms with Gasteiger partial charge >= 0.3 is 0 Å². The average molecular weight is 347 g/mol. The Kier molecular flexibility index (Phi) is 6.13. The van der Waals surface area contributed by atoms with Gasteiger partial charge in [0.25, 0.3) is 5.91 Å². The number of nitrogens with zero attached hydrogens (tertiary/aromatic N) is 3. The minimum atomic E-state index is -0.0791. The van der Waals surface area contributed by atoms with Crippen LogP contribution in [0.5, 0.6) is 0 Å². The van der Waals surface area contributed by atoms with Gasteiger partial charge in [-0.1, -0.05) is 0 Å². The van der Waals surface area contributed by atoms with Crippen molar-refractivity contribution in [3.63, 3.8) is 0 Å². The van der Waals surface area contributed by atoms with Crippen molar-refractivity contribution >= 4 is 11.8 Å². The van der Waals surface area contributed by atoms with E-state index in [2.05, 4.69) is 11.9 Å². The predicted octanol–water partition coefficient (Wildman–Crippen LogP) is 2.08. The summed E-state index contributed by atoms with van der Waals surface area (Å²) in [4.78, 5) is 31.0. The fourth-order valence-corrected chi connectivity index (χ4v) is 3.92. The molecule has 138 valence electrons. The number of carbonyl (C=O) groups excluding carboxylic acids is 2. The molecule has 0 aliphatic carbocycles. The van der Waals surface area contributed by atoms with E-state index in [4.69, 9.17) is 4.42 Å². The van der Waals surface area contributed by atoms with Gasteiger partial charge < -0.3 is 19.1 Å². The number of hydrogen-bond donors (Lipinski definition) is 0. The Hall–Kier alpha value is -1.82. The lowest BCUT2D eigenvalue weighted by Gasteiger charge is -2.30. The number of carbonyl (C=O) groups is 2. The molecule has 1 unspecified atom stereocenters. The fraction of sp³-hybridized carbons (Fsp3) is 0.684. The molecule has 0 saturated carbocycles. The maximum atomic E-state index is 12.6. The van der Waals surface area contributed by atoms with E-state index in [-0.39, 0.29) is 11.8 Å². The van der Waals surface area contributed by atoms with Gasteiger partial charge in [0, 0.05) is 39.1 Å². The van der Waals surface area contributed by atoms with Crippen LogP contribution in [-0.4, -0.2) is 72.8 Å². The predicted molar refractivity (Wildman–Crippen MR) is 95.3 cm³/mol. The molecule has 3 heterocycles. The number of piperidine rings is 1.